The van der Waals surface area contributed by atoms with Crippen LogP contribution in [0, 0.1) is 6.92 Å². The molecule has 1 aromatic heterocycles. The van der Waals surface area contributed by atoms with Gasteiger partial charge in [-0.1, -0.05) is 18.6 Å². The average molecular weight is 261 g/mol. The molecule has 0 saturated carbocycles. The summed E-state index contributed by atoms with van der Waals surface area (Å²) in [5.74, 6) is 1.82. The summed E-state index contributed by atoms with van der Waals surface area (Å²) in [6.07, 6.45) is 1.08. The minimum absolute atomic E-state index is 0.494. The fourth-order valence-corrected chi connectivity index (χ4v) is 1.79. The van der Waals surface area contributed by atoms with Crippen molar-refractivity contribution in [3.63, 3.8) is 0 Å². The van der Waals surface area contributed by atoms with Crippen LogP contribution in [-0.2, 0) is 6.54 Å². The highest BCUT2D eigenvalue weighted by Crippen LogP contribution is 2.29. The van der Waals surface area contributed by atoms with Crippen molar-refractivity contribution >= 4 is 0 Å². The van der Waals surface area contributed by atoms with Crippen molar-refractivity contribution in [1.29, 1.82) is 0 Å². The van der Waals surface area contributed by atoms with Crippen molar-refractivity contribution in [2.24, 2.45) is 0 Å². The highest BCUT2D eigenvalue weighted by molar-refractivity contribution is 5.63. The topological polar surface area (TPSA) is 60.2 Å². The smallest absolute Gasteiger partial charge is 0.251 e. The number of methoxy groups -OCH3 is 1. The van der Waals surface area contributed by atoms with Crippen LogP contribution < -0.4 is 10.1 Å². The molecule has 1 heterocycles. The van der Waals surface area contributed by atoms with Crippen LogP contribution in [0.2, 0.25) is 0 Å². The van der Waals surface area contributed by atoms with Crippen LogP contribution in [0.15, 0.2) is 22.6 Å². The van der Waals surface area contributed by atoms with Gasteiger partial charge >= 0.3 is 0 Å². The van der Waals surface area contributed by atoms with E-state index in [1.807, 2.05) is 25.1 Å². The van der Waals surface area contributed by atoms with Gasteiger partial charge in [-0.05, 0) is 32.0 Å². The van der Waals surface area contributed by atoms with Gasteiger partial charge in [0.05, 0.1) is 19.2 Å². The molecule has 0 aliphatic heterocycles. The van der Waals surface area contributed by atoms with E-state index < -0.39 is 0 Å². The van der Waals surface area contributed by atoms with E-state index in [9.17, 15) is 0 Å². The van der Waals surface area contributed by atoms with E-state index in [2.05, 4.69) is 22.4 Å². The minimum atomic E-state index is 0.494. The van der Waals surface area contributed by atoms with Crippen molar-refractivity contribution < 1.29 is 9.15 Å². The molecule has 0 bridgehead atoms. The van der Waals surface area contributed by atoms with Gasteiger partial charge in [0.1, 0.15) is 5.75 Å². The van der Waals surface area contributed by atoms with E-state index in [0.29, 0.717) is 18.3 Å². The molecule has 0 atom stereocenters. The average Bonchev–Trinajstić information content (AvgIpc) is 2.88. The van der Waals surface area contributed by atoms with Gasteiger partial charge in [0.2, 0.25) is 5.89 Å². The lowest BCUT2D eigenvalue weighted by Crippen LogP contribution is -2.13. The molecule has 0 unspecified atom stereocenters. The summed E-state index contributed by atoms with van der Waals surface area (Å²) in [6.45, 7) is 5.66. The van der Waals surface area contributed by atoms with E-state index in [0.717, 1.165) is 29.8 Å². The summed E-state index contributed by atoms with van der Waals surface area (Å²) in [5, 5.41) is 11.3. The molecule has 0 radical (unpaired) electrons. The SMILES string of the molecule is CCCNCc1nnc(-c2cc(C)ccc2OC)o1. The van der Waals surface area contributed by atoms with Gasteiger partial charge in [-0.2, -0.15) is 0 Å². The third kappa shape index (κ3) is 3.32. The largest absolute Gasteiger partial charge is 0.496 e. The third-order valence-electron chi connectivity index (χ3n) is 2.76. The molecule has 5 nitrogen and oxygen atoms in total. The first-order chi connectivity index (χ1) is 9.24. The summed E-state index contributed by atoms with van der Waals surface area (Å²) in [5.41, 5.74) is 1.95. The molecule has 5 heteroatoms. The van der Waals surface area contributed by atoms with Gasteiger partial charge in [0, 0.05) is 0 Å². The zero-order valence-electron chi connectivity index (χ0n) is 11.6. The summed E-state index contributed by atoms with van der Waals surface area (Å²) in [7, 11) is 1.63. The summed E-state index contributed by atoms with van der Waals surface area (Å²) in [4.78, 5) is 0. The highest BCUT2D eigenvalue weighted by atomic mass is 16.5. The van der Waals surface area contributed by atoms with Crippen molar-refractivity contribution in [2.45, 2.75) is 26.8 Å². The zero-order chi connectivity index (χ0) is 13.7. The molecule has 1 N–H and O–H groups in total. The number of hydrogen-bond acceptors (Lipinski definition) is 5. The molecule has 2 rings (SSSR count). The Hall–Kier alpha value is -1.88. The molecule has 0 aliphatic rings. The predicted molar refractivity (Wildman–Crippen MR) is 73.0 cm³/mol. The van der Waals surface area contributed by atoms with Gasteiger partial charge < -0.3 is 14.5 Å². The first-order valence-corrected chi connectivity index (χ1v) is 6.42. The summed E-state index contributed by atoms with van der Waals surface area (Å²) < 4.78 is 11.0. The summed E-state index contributed by atoms with van der Waals surface area (Å²) >= 11 is 0. The lowest BCUT2D eigenvalue weighted by atomic mass is 10.1. The van der Waals surface area contributed by atoms with E-state index in [1.54, 1.807) is 7.11 Å². The maximum Gasteiger partial charge on any atom is 0.251 e. The number of ether oxygens (including phenoxy) is 1. The second-order valence-corrected chi connectivity index (χ2v) is 4.38. The van der Waals surface area contributed by atoms with Crippen LogP contribution in [0.3, 0.4) is 0 Å². The van der Waals surface area contributed by atoms with E-state index in [-0.39, 0.29) is 0 Å². The summed E-state index contributed by atoms with van der Waals surface area (Å²) in [6, 6.07) is 5.88. The number of hydrogen-bond donors (Lipinski definition) is 1. The number of aryl methyl sites for hydroxylation is 1. The van der Waals surface area contributed by atoms with Crippen LogP contribution in [0.1, 0.15) is 24.8 Å². The molecule has 1 aromatic carbocycles. The molecule has 0 fully saturated rings. The molecule has 0 spiro atoms. The Morgan fingerprint density at radius 2 is 2.16 bits per heavy atom. The first kappa shape index (κ1) is 13.5. The van der Waals surface area contributed by atoms with Crippen molar-refractivity contribution in [1.82, 2.24) is 15.5 Å². The quantitative estimate of drug-likeness (QED) is 0.810. The van der Waals surface area contributed by atoms with Gasteiger partial charge in [0.15, 0.2) is 0 Å². The zero-order valence-corrected chi connectivity index (χ0v) is 11.6. The van der Waals surface area contributed by atoms with Gasteiger partial charge in [-0.15, -0.1) is 10.2 Å². The molecular weight excluding hydrogens is 242 g/mol. The van der Waals surface area contributed by atoms with Crippen LogP contribution in [-0.4, -0.2) is 23.9 Å². The molecule has 102 valence electrons. The van der Waals surface area contributed by atoms with Gasteiger partial charge in [0.25, 0.3) is 5.89 Å². The molecule has 2 aromatic rings. The van der Waals surface area contributed by atoms with Gasteiger partial charge in [-0.3, -0.25) is 0 Å². The van der Waals surface area contributed by atoms with E-state index in [1.165, 1.54) is 0 Å². The Kier molecular flexibility index (Phi) is 4.52. The fourth-order valence-electron chi connectivity index (χ4n) is 1.79. The molecule has 0 amide bonds. The van der Waals surface area contributed by atoms with Crippen LogP contribution >= 0.6 is 0 Å². The number of nitrogens with one attached hydrogen (secondary N) is 1. The Labute approximate surface area is 113 Å². The Morgan fingerprint density at radius 3 is 2.89 bits per heavy atom. The monoisotopic (exact) mass is 261 g/mol. The van der Waals surface area contributed by atoms with E-state index in [4.69, 9.17) is 9.15 Å². The van der Waals surface area contributed by atoms with E-state index >= 15 is 0 Å². The number of rotatable bonds is 6. The highest BCUT2D eigenvalue weighted by Gasteiger charge is 2.13. The normalized spacial score (nSPS) is 10.7. The lowest BCUT2D eigenvalue weighted by Gasteiger charge is -2.05. The second-order valence-electron chi connectivity index (χ2n) is 4.38. The number of nitrogens with zero attached hydrogens (tertiary/aromatic N) is 2. The number of aromatic nitrogens is 2. The van der Waals surface area contributed by atoms with Crippen molar-refractivity contribution in [3.05, 3.63) is 29.7 Å². The third-order valence-corrected chi connectivity index (χ3v) is 2.76. The van der Waals surface area contributed by atoms with Crippen molar-refractivity contribution in [3.8, 4) is 17.2 Å². The maximum absolute atomic E-state index is 5.65. The fraction of sp³-hybridized carbons (Fsp3) is 0.429. The minimum Gasteiger partial charge on any atom is -0.496 e. The van der Waals surface area contributed by atoms with Gasteiger partial charge in [-0.25, -0.2) is 0 Å². The number of benzene rings is 1. The Morgan fingerprint density at radius 1 is 1.32 bits per heavy atom. The Bertz CT molecular complexity index is 537. The molecular formula is C14H19N3O2. The Balaban J connectivity index is 2.20. The second kappa shape index (κ2) is 6.33. The van der Waals surface area contributed by atoms with Crippen LogP contribution in [0.4, 0.5) is 0 Å². The molecule has 0 aliphatic carbocycles. The van der Waals surface area contributed by atoms with Crippen molar-refractivity contribution in [2.75, 3.05) is 13.7 Å². The molecule has 0 saturated heterocycles. The van der Waals surface area contributed by atoms with Crippen LogP contribution in [0.5, 0.6) is 5.75 Å². The first-order valence-electron chi connectivity index (χ1n) is 6.42. The predicted octanol–water partition coefficient (Wildman–Crippen LogP) is 2.55. The maximum atomic E-state index is 5.65. The van der Waals surface area contributed by atoms with Crippen LogP contribution in [0.25, 0.3) is 11.5 Å². The lowest BCUT2D eigenvalue weighted by molar-refractivity contribution is 0.412. The standard InChI is InChI=1S/C14H19N3O2/c1-4-7-15-9-13-16-17-14(19-13)11-8-10(2)5-6-12(11)18-3/h5-6,8,15H,4,7,9H2,1-3H3. The molecule has 19 heavy (non-hydrogen) atoms.